The molecule has 1 unspecified atom stereocenters. The van der Waals surface area contributed by atoms with Crippen molar-refractivity contribution in [2.24, 2.45) is 0 Å². The van der Waals surface area contributed by atoms with E-state index in [1.165, 1.54) is 12.3 Å². The molecule has 0 bridgehead atoms. The number of halogens is 1. The molecule has 0 radical (unpaired) electrons. The average Bonchev–Trinajstić information content (AvgIpc) is 2.28. The largest absolute Gasteiger partial charge is 0.354 e. The maximum atomic E-state index is 12.7. The van der Waals surface area contributed by atoms with E-state index in [1.807, 2.05) is 20.8 Å². The Morgan fingerprint density at radius 2 is 2.11 bits per heavy atom. The predicted octanol–water partition coefficient (Wildman–Crippen LogP) is 1.79. The van der Waals surface area contributed by atoms with Gasteiger partial charge in [-0.05, 0) is 32.9 Å². The summed E-state index contributed by atoms with van der Waals surface area (Å²) in [5.41, 5.74) is 0.765. The molecule has 1 heterocycles. The van der Waals surface area contributed by atoms with Crippen molar-refractivity contribution in [2.45, 2.75) is 39.3 Å². The summed E-state index contributed by atoms with van der Waals surface area (Å²) >= 11 is 0. The number of hydrogen-bond donors (Lipinski definition) is 2. The number of carbonyl (C=O) groups is 1. The molecule has 0 aliphatic heterocycles. The molecule has 0 saturated carbocycles. The molecule has 1 aromatic heterocycles. The van der Waals surface area contributed by atoms with Crippen molar-refractivity contribution in [2.75, 3.05) is 6.54 Å². The molecule has 18 heavy (non-hydrogen) atoms. The van der Waals surface area contributed by atoms with E-state index in [9.17, 15) is 9.18 Å². The van der Waals surface area contributed by atoms with Crippen molar-refractivity contribution in [3.05, 3.63) is 29.8 Å². The molecule has 2 N–H and O–H groups in total. The van der Waals surface area contributed by atoms with Gasteiger partial charge in [0.15, 0.2) is 0 Å². The van der Waals surface area contributed by atoms with E-state index in [0.29, 0.717) is 13.0 Å². The highest BCUT2D eigenvalue weighted by Gasteiger charge is 2.08. The van der Waals surface area contributed by atoms with Crippen LogP contribution >= 0.6 is 0 Å². The fraction of sp³-hybridized carbons (Fsp3) is 0.538. The van der Waals surface area contributed by atoms with Crippen molar-refractivity contribution in [3.8, 4) is 0 Å². The summed E-state index contributed by atoms with van der Waals surface area (Å²) in [5.74, 6) is -0.320. The number of pyridine rings is 1. The second-order valence-electron chi connectivity index (χ2n) is 4.55. The second-order valence-corrected chi connectivity index (χ2v) is 4.55. The molecule has 1 rings (SSSR count). The van der Waals surface area contributed by atoms with E-state index in [1.54, 1.807) is 6.07 Å². The van der Waals surface area contributed by atoms with Gasteiger partial charge >= 0.3 is 0 Å². The van der Waals surface area contributed by atoms with Gasteiger partial charge in [-0.15, -0.1) is 0 Å². The van der Waals surface area contributed by atoms with Crippen LogP contribution in [-0.2, 0) is 4.79 Å². The van der Waals surface area contributed by atoms with Gasteiger partial charge in [0.05, 0.1) is 11.9 Å². The number of aromatic nitrogens is 1. The Morgan fingerprint density at radius 3 is 2.67 bits per heavy atom. The lowest BCUT2D eigenvalue weighted by molar-refractivity contribution is -0.121. The minimum absolute atomic E-state index is 0.00236. The molecule has 1 aromatic rings. The molecular weight excluding hydrogens is 233 g/mol. The highest BCUT2D eigenvalue weighted by Crippen LogP contribution is 2.08. The van der Waals surface area contributed by atoms with Gasteiger partial charge in [-0.2, -0.15) is 0 Å². The Hall–Kier alpha value is -1.49. The fourth-order valence-corrected chi connectivity index (χ4v) is 1.54. The van der Waals surface area contributed by atoms with Crippen LogP contribution in [0, 0.1) is 5.82 Å². The first-order chi connectivity index (χ1) is 8.49. The third-order valence-corrected chi connectivity index (χ3v) is 2.45. The van der Waals surface area contributed by atoms with E-state index >= 15 is 0 Å². The van der Waals surface area contributed by atoms with E-state index < -0.39 is 0 Å². The summed E-state index contributed by atoms with van der Waals surface area (Å²) in [6.07, 6.45) is 1.61. The van der Waals surface area contributed by atoms with E-state index in [-0.39, 0.29) is 23.8 Å². The summed E-state index contributed by atoms with van der Waals surface area (Å²) in [7, 11) is 0. The van der Waals surface area contributed by atoms with Crippen molar-refractivity contribution in [3.63, 3.8) is 0 Å². The summed E-state index contributed by atoms with van der Waals surface area (Å²) in [5, 5.41) is 6.00. The van der Waals surface area contributed by atoms with Crippen molar-refractivity contribution >= 4 is 5.91 Å². The van der Waals surface area contributed by atoms with Gasteiger partial charge in [0.1, 0.15) is 5.82 Å². The van der Waals surface area contributed by atoms with Crippen LogP contribution in [-0.4, -0.2) is 23.5 Å². The molecule has 0 aliphatic rings. The number of hydrogen-bond acceptors (Lipinski definition) is 3. The first-order valence-electron chi connectivity index (χ1n) is 6.13. The molecule has 1 amide bonds. The standard InChI is InChI=1S/C13H20FN3O/c1-9(2)17-13(18)6-7-15-10(3)12-5-4-11(14)8-16-12/h4-5,8-10,15H,6-7H2,1-3H3,(H,17,18). The minimum Gasteiger partial charge on any atom is -0.354 e. The van der Waals surface area contributed by atoms with Gasteiger partial charge in [-0.25, -0.2) is 4.39 Å². The van der Waals surface area contributed by atoms with Gasteiger partial charge in [0, 0.05) is 25.0 Å². The van der Waals surface area contributed by atoms with Crippen molar-refractivity contribution in [1.82, 2.24) is 15.6 Å². The van der Waals surface area contributed by atoms with Crippen LogP contribution in [0.3, 0.4) is 0 Å². The lowest BCUT2D eigenvalue weighted by Gasteiger charge is -2.13. The quantitative estimate of drug-likeness (QED) is 0.812. The van der Waals surface area contributed by atoms with Crippen LogP contribution in [0.25, 0.3) is 0 Å². The molecule has 0 spiro atoms. The maximum Gasteiger partial charge on any atom is 0.221 e. The highest BCUT2D eigenvalue weighted by atomic mass is 19.1. The minimum atomic E-state index is -0.345. The van der Waals surface area contributed by atoms with Crippen molar-refractivity contribution in [1.29, 1.82) is 0 Å². The Kier molecular flexibility index (Phi) is 5.71. The van der Waals surface area contributed by atoms with E-state index in [4.69, 9.17) is 0 Å². The smallest absolute Gasteiger partial charge is 0.221 e. The Bertz CT molecular complexity index is 378. The second kappa shape index (κ2) is 7.06. The summed E-state index contributed by atoms with van der Waals surface area (Å²) in [4.78, 5) is 15.4. The first-order valence-corrected chi connectivity index (χ1v) is 6.13. The lowest BCUT2D eigenvalue weighted by Crippen LogP contribution is -2.33. The summed E-state index contributed by atoms with van der Waals surface area (Å²) in [6, 6.07) is 3.18. The van der Waals surface area contributed by atoms with Crippen LogP contribution in [0.15, 0.2) is 18.3 Å². The zero-order valence-corrected chi connectivity index (χ0v) is 11.0. The molecule has 5 heteroatoms. The van der Waals surface area contributed by atoms with E-state index in [2.05, 4.69) is 15.6 Å². The topological polar surface area (TPSA) is 54.0 Å². The van der Waals surface area contributed by atoms with Crippen LogP contribution in [0.5, 0.6) is 0 Å². The summed E-state index contributed by atoms with van der Waals surface area (Å²) < 4.78 is 12.7. The number of amides is 1. The molecule has 1 atom stereocenters. The molecule has 0 fully saturated rings. The van der Waals surface area contributed by atoms with Gasteiger partial charge in [-0.3, -0.25) is 9.78 Å². The Balaban J connectivity index is 2.31. The van der Waals surface area contributed by atoms with Crippen LogP contribution < -0.4 is 10.6 Å². The van der Waals surface area contributed by atoms with Gasteiger partial charge in [0.25, 0.3) is 0 Å². The number of nitrogens with one attached hydrogen (secondary N) is 2. The molecule has 0 aromatic carbocycles. The van der Waals surface area contributed by atoms with Crippen LogP contribution in [0.1, 0.15) is 38.9 Å². The maximum absolute atomic E-state index is 12.7. The van der Waals surface area contributed by atoms with Gasteiger partial charge in [0.2, 0.25) is 5.91 Å². The highest BCUT2D eigenvalue weighted by molar-refractivity contribution is 5.76. The zero-order chi connectivity index (χ0) is 13.5. The predicted molar refractivity (Wildman–Crippen MR) is 68.5 cm³/mol. The first kappa shape index (κ1) is 14.6. The van der Waals surface area contributed by atoms with Gasteiger partial charge < -0.3 is 10.6 Å². The van der Waals surface area contributed by atoms with Crippen LogP contribution in [0.2, 0.25) is 0 Å². The number of nitrogens with zero attached hydrogens (tertiary/aromatic N) is 1. The third kappa shape index (κ3) is 5.23. The monoisotopic (exact) mass is 253 g/mol. The molecule has 0 aliphatic carbocycles. The zero-order valence-electron chi connectivity index (χ0n) is 11.0. The molecule has 100 valence electrons. The SMILES string of the molecule is CC(C)NC(=O)CCNC(C)c1ccc(F)cn1. The molecular formula is C13H20FN3O. The summed E-state index contributed by atoms with van der Waals surface area (Å²) in [6.45, 7) is 6.35. The van der Waals surface area contributed by atoms with Gasteiger partial charge in [-0.1, -0.05) is 0 Å². The molecule has 4 nitrogen and oxygen atoms in total. The van der Waals surface area contributed by atoms with E-state index in [0.717, 1.165) is 5.69 Å². The van der Waals surface area contributed by atoms with Crippen LogP contribution in [0.4, 0.5) is 4.39 Å². The van der Waals surface area contributed by atoms with Crippen molar-refractivity contribution < 1.29 is 9.18 Å². The Labute approximate surface area is 107 Å². The number of rotatable bonds is 6. The third-order valence-electron chi connectivity index (χ3n) is 2.45. The molecule has 0 saturated heterocycles. The lowest BCUT2D eigenvalue weighted by atomic mass is 10.2. The fourth-order valence-electron chi connectivity index (χ4n) is 1.54. The number of carbonyl (C=O) groups excluding carboxylic acids is 1. The normalized spacial score (nSPS) is 12.5. The average molecular weight is 253 g/mol. The Morgan fingerprint density at radius 1 is 1.39 bits per heavy atom.